The molecule has 1 unspecified atom stereocenters. The maximum atomic E-state index is 11.9. The van der Waals surface area contributed by atoms with E-state index in [4.69, 9.17) is 0 Å². The molecule has 6 heteroatoms. The molecule has 5 nitrogen and oxygen atoms in total. The molecule has 3 N–H and O–H groups in total. The average molecular weight is 343 g/mol. The highest BCUT2D eigenvalue weighted by atomic mass is 32.1. The lowest BCUT2D eigenvalue weighted by Crippen LogP contribution is -2.36. The van der Waals surface area contributed by atoms with Crippen LogP contribution >= 0.6 is 11.3 Å². The van der Waals surface area contributed by atoms with Crippen LogP contribution < -0.4 is 5.32 Å². The Labute approximate surface area is 142 Å². The third kappa shape index (κ3) is 2.39. The number of dihydropyridines is 1. The second kappa shape index (κ2) is 5.79. The van der Waals surface area contributed by atoms with E-state index in [1.165, 1.54) is 11.3 Å². The van der Waals surface area contributed by atoms with Crippen molar-refractivity contribution in [1.29, 1.82) is 0 Å². The monoisotopic (exact) mass is 343 g/mol. The van der Waals surface area contributed by atoms with Crippen LogP contribution in [0.2, 0.25) is 0 Å². The van der Waals surface area contributed by atoms with Crippen LogP contribution in [0, 0.1) is 6.92 Å². The zero-order valence-corrected chi connectivity index (χ0v) is 14.3. The Hall–Kier alpha value is -2.60. The molecule has 3 rings (SSSR count). The van der Waals surface area contributed by atoms with Crippen molar-refractivity contribution >= 4 is 38.9 Å². The number of hydrogen-bond acceptors (Lipinski definition) is 4. The predicted molar refractivity (Wildman–Crippen MR) is 94.1 cm³/mol. The number of carboxylic acid groups (broad SMARTS) is 2. The summed E-state index contributed by atoms with van der Waals surface area (Å²) < 4.78 is 1.01. The maximum absolute atomic E-state index is 11.9. The van der Waals surface area contributed by atoms with Gasteiger partial charge in [0.05, 0.1) is 17.2 Å². The Bertz CT molecular complexity index is 936. The molecule has 124 valence electrons. The number of aryl methyl sites for hydroxylation is 1. The number of nitrogens with one attached hydrogen (secondary N) is 1. The normalized spacial score (nSPS) is 18.0. The molecule has 0 saturated carbocycles. The van der Waals surface area contributed by atoms with Crippen molar-refractivity contribution in [2.24, 2.45) is 0 Å². The number of carboxylic acids is 2. The molecule has 1 aromatic carbocycles. The molecule has 1 aliphatic rings. The third-order valence-corrected chi connectivity index (χ3v) is 5.31. The van der Waals surface area contributed by atoms with Gasteiger partial charge in [-0.05, 0) is 26.8 Å². The van der Waals surface area contributed by atoms with E-state index in [2.05, 4.69) is 5.32 Å². The average Bonchev–Trinajstić information content (AvgIpc) is 2.80. The first-order valence-corrected chi connectivity index (χ1v) is 8.31. The van der Waals surface area contributed by atoms with Crippen LogP contribution in [0.1, 0.15) is 24.3 Å². The van der Waals surface area contributed by atoms with E-state index in [0.717, 1.165) is 15.0 Å². The van der Waals surface area contributed by atoms with Crippen molar-refractivity contribution in [3.63, 3.8) is 0 Å². The highest BCUT2D eigenvalue weighted by Gasteiger charge is 2.34. The Kier molecular flexibility index (Phi) is 3.93. The SMILES string of the molecule is CC1=C(C(=O)O)C(c2c(C)sc3ccccc23)=C(C(=O)O)C(C)N1. The van der Waals surface area contributed by atoms with E-state index < -0.39 is 18.0 Å². The summed E-state index contributed by atoms with van der Waals surface area (Å²) in [4.78, 5) is 24.7. The maximum Gasteiger partial charge on any atom is 0.338 e. The summed E-state index contributed by atoms with van der Waals surface area (Å²) in [5.74, 6) is -2.23. The number of fused-ring (bicyclic) bond motifs is 1. The number of thiophene rings is 1. The van der Waals surface area contributed by atoms with Crippen LogP contribution in [0.15, 0.2) is 41.1 Å². The highest BCUT2D eigenvalue weighted by molar-refractivity contribution is 7.19. The summed E-state index contributed by atoms with van der Waals surface area (Å²) in [6.07, 6.45) is 0. The summed E-state index contributed by atoms with van der Waals surface area (Å²) in [6.45, 7) is 5.30. The third-order valence-electron chi connectivity index (χ3n) is 4.23. The van der Waals surface area contributed by atoms with E-state index in [1.807, 2.05) is 31.2 Å². The fourth-order valence-electron chi connectivity index (χ4n) is 3.31. The van der Waals surface area contributed by atoms with Gasteiger partial charge in [-0.15, -0.1) is 11.3 Å². The number of benzene rings is 1. The summed E-state index contributed by atoms with van der Waals surface area (Å²) in [5, 5.41) is 23.3. The van der Waals surface area contributed by atoms with E-state index in [9.17, 15) is 19.8 Å². The van der Waals surface area contributed by atoms with E-state index >= 15 is 0 Å². The van der Waals surface area contributed by atoms with Gasteiger partial charge in [-0.1, -0.05) is 18.2 Å². The van der Waals surface area contributed by atoms with Gasteiger partial charge in [0.15, 0.2) is 0 Å². The molecule has 2 heterocycles. The minimum atomic E-state index is -1.13. The first-order chi connectivity index (χ1) is 11.3. The molecular weight excluding hydrogens is 326 g/mol. The van der Waals surface area contributed by atoms with Gasteiger partial charge in [-0.3, -0.25) is 0 Å². The summed E-state index contributed by atoms with van der Waals surface area (Å²) >= 11 is 1.54. The number of carbonyl (C=O) groups is 2. The summed E-state index contributed by atoms with van der Waals surface area (Å²) in [5.41, 5.74) is 1.61. The van der Waals surface area contributed by atoms with E-state index in [1.54, 1.807) is 13.8 Å². The molecule has 0 fully saturated rings. The molecular formula is C18H17NO4S. The standard InChI is InChI=1S/C18H17NO4S/c1-8-13(17(20)21)16(14(18(22)23)9(2)19-8)15-10(3)24-12-7-5-4-6-11(12)15/h4-8,19H,1-3H3,(H,20,21)(H,22,23). The predicted octanol–water partition coefficient (Wildman–Crippen LogP) is 3.40. The Balaban J connectivity index is 2.46. The van der Waals surface area contributed by atoms with Gasteiger partial charge >= 0.3 is 11.9 Å². The van der Waals surface area contributed by atoms with Crippen LogP contribution in [0.25, 0.3) is 15.7 Å². The molecule has 0 spiro atoms. The van der Waals surface area contributed by atoms with Crippen molar-refractivity contribution in [2.75, 3.05) is 0 Å². The number of rotatable bonds is 3. The molecule has 0 saturated heterocycles. The number of hydrogen-bond donors (Lipinski definition) is 3. The van der Waals surface area contributed by atoms with Gasteiger partial charge in [0.25, 0.3) is 0 Å². The number of aliphatic carboxylic acids is 2. The molecule has 1 aromatic heterocycles. The van der Waals surface area contributed by atoms with Crippen LogP contribution in [0.4, 0.5) is 0 Å². The lowest BCUT2D eigenvalue weighted by molar-refractivity contribution is -0.133. The Morgan fingerprint density at radius 3 is 2.42 bits per heavy atom. The van der Waals surface area contributed by atoms with Gasteiger partial charge in [-0.25, -0.2) is 9.59 Å². The fourth-order valence-corrected chi connectivity index (χ4v) is 4.38. The molecule has 0 radical (unpaired) electrons. The smallest absolute Gasteiger partial charge is 0.338 e. The molecule has 2 aromatic rings. The zero-order chi connectivity index (χ0) is 17.6. The van der Waals surface area contributed by atoms with Crippen molar-refractivity contribution in [3.8, 4) is 0 Å². The van der Waals surface area contributed by atoms with Gasteiger partial charge in [0.1, 0.15) is 0 Å². The second-order valence-electron chi connectivity index (χ2n) is 5.79. The summed E-state index contributed by atoms with van der Waals surface area (Å²) in [6, 6.07) is 7.18. The van der Waals surface area contributed by atoms with E-state index in [0.29, 0.717) is 16.8 Å². The molecule has 0 bridgehead atoms. The topological polar surface area (TPSA) is 86.6 Å². The van der Waals surface area contributed by atoms with Crippen LogP contribution in [0.5, 0.6) is 0 Å². The molecule has 0 aliphatic carbocycles. The fraction of sp³-hybridized carbons (Fsp3) is 0.222. The Morgan fingerprint density at radius 1 is 1.12 bits per heavy atom. The van der Waals surface area contributed by atoms with Gasteiger partial charge in [-0.2, -0.15) is 0 Å². The van der Waals surface area contributed by atoms with Gasteiger partial charge < -0.3 is 15.5 Å². The summed E-state index contributed by atoms with van der Waals surface area (Å²) in [7, 11) is 0. The van der Waals surface area contributed by atoms with Crippen LogP contribution in [-0.2, 0) is 9.59 Å². The van der Waals surface area contributed by atoms with E-state index in [-0.39, 0.29) is 11.1 Å². The second-order valence-corrected chi connectivity index (χ2v) is 7.05. The molecule has 24 heavy (non-hydrogen) atoms. The largest absolute Gasteiger partial charge is 0.478 e. The lowest BCUT2D eigenvalue weighted by Gasteiger charge is -2.28. The minimum Gasteiger partial charge on any atom is -0.478 e. The van der Waals surface area contributed by atoms with Gasteiger partial charge in [0, 0.05) is 31.8 Å². The first-order valence-electron chi connectivity index (χ1n) is 7.50. The lowest BCUT2D eigenvalue weighted by atomic mass is 9.84. The molecule has 1 atom stereocenters. The first kappa shape index (κ1) is 16.3. The quantitative estimate of drug-likeness (QED) is 0.795. The Morgan fingerprint density at radius 2 is 1.79 bits per heavy atom. The van der Waals surface area contributed by atoms with Crippen molar-refractivity contribution in [1.82, 2.24) is 5.32 Å². The van der Waals surface area contributed by atoms with Crippen molar-refractivity contribution in [3.05, 3.63) is 51.5 Å². The minimum absolute atomic E-state index is 0.0251. The highest BCUT2D eigenvalue weighted by Crippen LogP contribution is 2.42. The molecule has 0 amide bonds. The van der Waals surface area contributed by atoms with Gasteiger partial charge in [0.2, 0.25) is 0 Å². The van der Waals surface area contributed by atoms with Crippen LogP contribution in [0.3, 0.4) is 0 Å². The zero-order valence-electron chi connectivity index (χ0n) is 13.5. The molecule has 1 aliphatic heterocycles. The van der Waals surface area contributed by atoms with Crippen LogP contribution in [-0.4, -0.2) is 28.2 Å². The number of allylic oxidation sites excluding steroid dienone is 1. The van der Waals surface area contributed by atoms with Crippen molar-refractivity contribution in [2.45, 2.75) is 26.8 Å². The van der Waals surface area contributed by atoms with Crippen molar-refractivity contribution < 1.29 is 19.8 Å².